The Hall–Kier alpha value is -2.69. The zero-order valence-electron chi connectivity index (χ0n) is 16.9. The maximum absolute atomic E-state index is 13.2. The molecule has 28 heavy (non-hydrogen) atoms. The minimum absolute atomic E-state index is 0.129. The van der Waals surface area contributed by atoms with Gasteiger partial charge in [-0.3, -0.25) is 9.59 Å². The standard InChI is InChI=1S/C23H29FN2O2/c1-4-14-25-23(28)21(5-2)26(16-19-9-7-6-8-17(19)3)22(27)15-18-10-12-20(24)13-11-18/h6-13,21H,4-5,14-16H2,1-3H3,(H,25,28)/t21-/m0/s1. The quantitative estimate of drug-likeness (QED) is 0.710. The molecule has 1 N–H and O–H groups in total. The van der Waals surface area contributed by atoms with E-state index in [1.807, 2.05) is 45.0 Å². The topological polar surface area (TPSA) is 49.4 Å². The number of hydrogen-bond acceptors (Lipinski definition) is 2. The van der Waals surface area contributed by atoms with Gasteiger partial charge in [-0.05, 0) is 48.6 Å². The number of aryl methyl sites for hydroxylation is 1. The first-order chi connectivity index (χ1) is 13.5. The molecule has 0 radical (unpaired) electrons. The summed E-state index contributed by atoms with van der Waals surface area (Å²) in [7, 11) is 0. The lowest BCUT2D eigenvalue weighted by Gasteiger charge is -2.31. The molecule has 0 saturated heterocycles. The maximum Gasteiger partial charge on any atom is 0.242 e. The van der Waals surface area contributed by atoms with E-state index in [0.29, 0.717) is 19.5 Å². The Bertz CT molecular complexity index is 789. The van der Waals surface area contributed by atoms with Crippen LogP contribution >= 0.6 is 0 Å². The Morgan fingerprint density at radius 3 is 2.36 bits per heavy atom. The average Bonchev–Trinajstić information content (AvgIpc) is 2.69. The first kappa shape index (κ1) is 21.6. The Morgan fingerprint density at radius 2 is 1.75 bits per heavy atom. The summed E-state index contributed by atoms with van der Waals surface area (Å²) >= 11 is 0. The Morgan fingerprint density at radius 1 is 1.07 bits per heavy atom. The number of halogens is 1. The van der Waals surface area contributed by atoms with Crippen LogP contribution in [-0.4, -0.2) is 29.3 Å². The third kappa shape index (κ3) is 5.91. The fraction of sp³-hybridized carbons (Fsp3) is 0.391. The van der Waals surface area contributed by atoms with Crippen molar-refractivity contribution in [2.24, 2.45) is 0 Å². The van der Waals surface area contributed by atoms with Crippen molar-refractivity contribution in [3.63, 3.8) is 0 Å². The van der Waals surface area contributed by atoms with E-state index >= 15 is 0 Å². The number of benzene rings is 2. The number of hydrogen-bond donors (Lipinski definition) is 1. The molecule has 0 aliphatic carbocycles. The van der Waals surface area contributed by atoms with E-state index in [1.165, 1.54) is 12.1 Å². The van der Waals surface area contributed by atoms with Gasteiger partial charge in [-0.15, -0.1) is 0 Å². The normalized spacial score (nSPS) is 11.7. The van der Waals surface area contributed by atoms with Gasteiger partial charge in [0.25, 0.3) is 0 Å². The van der Waals surface area contributed by atoms with Crippen molar-refractivity contribution in [1.29, 1.82) is 0 Å². The molecule has 0 aliphatic rings. The first-order valence-corrected chi connectivity index (χ1v) is 9.82. The van der Waals surface area contributed by atoms with Gasteiger partial charge in [-0.2, -0.15) is 0 Å². The van der Waals surface area contributed by atoms with Crippen LogP contribution in [0.3, 0.4) is 0 Å². The van der Waals surface area contributed by atoms with Crippen LogP contribution < -0.4 is 5.32 Å². The molecule has 2 rings (SSSR count). The molecule has 1 atom stereocenters. The van der Waals surface area contributed by atoms with Crippen molar-refractivity contribution < 1.29 is 14.0 Å². The van der Waals surface area contributed by atoms with Crippen LogP contribution in [0.15, 0.2) is 48.5 Å². The Balaban J connectivity index is 2.27. The lowest BCUT2D eigenvalue weighted by molar-refractivity contribution is -0.140. The van der Waals surface area contributed by atoms with Gasteiger partial charge >= 0.3 is 0 Å². The van der Waals surface area contributed by atoms with E-state index in [9.17, 15) is 14.0 Å². The Labute approximate surface area is 166 Å². The van der Waals surface area contributed by atoms with Crippen LogP contribution in [-0.2, 0) is 22.6 Å². The van der Waals surface area contributed by atoms with Gasteiger partial charge in [0.1, 0.15) is 11.9 Å². The summed E-state index contributed by atoms with van der Waals surface area (Å²) in [6.45, 7) is 6.85. The van der Waals surface area contributed by atoms with Gasteiger partial charge in [-0.1, -0.05) is 50.2 Å². The summed E-state index contributed by atoms with van der Waals surface area (Å²) in [5.74, 6) is -0.614. The summed E-state index contributed by atoms with van der Waals surface area (Å²) in [6.07, 6.45) is 1.49. The fourth-order valence-electron chi connectivity index (χ4n) is 3.13. The summed E-state index contributed by atoms with van der Waals surface area (Å²) in [5, 5.41) is 2.91. The third-order valence-electron chi connectivity index (χ3n) is 4.81. The van der Waals surface area contributed by atoms with Crippen LogP contribution in [0.5, 0.6) is 0 Å². The molecule has 0 unspecified atom stereocenters. The zero-order chi connectivity index (χ0) is 20.5. The highest BCUT2D eigenvalue weighted by atomic mass is 19.1. The van der Waals surface area contributed by atoms with E-state index in [1.54, 1.807) is 17.0 Å². The Kier molecular flexibility index (Phi) is 8.18. The van der Waals surface area contributed by atoms with Crippen LogP contribution in [0, 0.1) is 12.7 Å². The van der Waals surface area contributed by atoms with Crippen molar-refractivity contribution >= 4 is 11.8 Å². The van der Waals surface area contributed by atoms with Crippen molar-refractivity contribution in [2.45, 2.75) is 52.6 Å². The van der Waals surface area contributed by atoms with Crippen LogP contribution in [0.4, 0.5) is 4.39 Å². The number of amides is 2. The molecule has 0 aromatic heterocycles. The van der Waals surface area contributed by atoms with Crippen molar-refractivity contribution in [1.82, 2.24) is 10.2 Å². The molecule has 150 valence electrons. The van der Waals surface area contributed by atoms with Crippen molar-refractivity contribution in [2.75, 3.05) is 6.54 Å². The molecule has 0 heterocycles. The van der Waals surface area contributed by atoms with E-state index in [-0.39, 0.29) is 24.1 Å². The molecule has 5 heteroatoms. The second-order valence-corrected chi connectivity index (χ2v) is 6.97. The molecule has 0 saturated carbocycles. The molecule has 0 fully saturated rings. The minimum Gasteiger partial charge on any atom is -0.354 e. The largest absolute Gasteiger partial charge is 0.354 e. The SMILES string of the molecule is CCCNC(=O)[C@H](CC)N(Cc1ccccc1C)C(=O)Cc1ccc(F)cc1. The number of carbonyl (C=O) groups is 2. The van der Waals surface area contributed by atoms with E-state index in [2.05, 4.69) is 5.32 Å². The van der Waals surface area contributed by atoms with Crippen molar-refractivity contribution in [3.05, 3.63) is 71.0 Å². The summed E-state index contributed by atoms with van der Waals surface area (Å²) in [5.41, 5.74) is 2.81. The predicted molar refractivity (Wildman–Crippen MR) is 109 cm³/mol. The summed E-state index contributed by atoms with van der Waals surface area (Å²) < 4.78 is 13.2. The van der Waals surface area contributed by atoms with Gasteiger partial charge in [0.15, 0.2) is 0 Å². The zero-order valence-corrected chi connectivity index (χ0v) is 16.9. The number of nitrogens with one attached hydrogen (secondary N) is 1. The number of nitrogens with zero attached hydrogens (tertiary/aromatic N) is 1. The maximum atomic E-state index is 13.2. The second kappa shape index (κ2) is 10.6. The lowest BCUT2D eigenvalue weighted by Crippen LogP contribution is -2.49. The molecule has 2 amide bonds. The highest BCUT2D eigenvalue weighted by Crippen LogP contribution is 2.17. The molecule has 2 aromatic rings. The monoisotopic (exact) mass is 384 g/mol. The molecule has 0 bridgehead atoms. The van der Waals surface area contributed by atoms with Gasteiger partial charge < -0.3 is 10.2 Å². The van der Waals surface area contributed by atoms with E-state index in [0.717, 1.165) is 23.1 Å². The number of carbonyl (C=O) groups excluding carboxylic acids is 2. The number of rotatable bonds is 9. The molecular weight excluding hydrogens is 355 g/mol. The molecule has 0 spiro atoms. The first-order valence-electron chi connectivity index (χ1n) is 9.82. The molecular formula is C23H29FN2O2. The molecule has 2 aromatic carbocycles. The fourth-order valence-corrected chi connectivity index (χ4v) is 3.13. The highest BCUT2D eigenvalue weighted by Gasteiger charge is 2.28. The van der Waals surface area contributed by atoms with E-state index < -0.39 is 6.04 Å². The van der Waals surface area contributed by atoms with Gasteiger partial charge in [-0.25, -0.2) is 4.39 Å². The van der Waals surface area contributed by atoms with Crippen molar-refractivity contribution in [3.8, 4) is 0 Å². The van der Waals surface area contributed by atoms with Crippen LogP contribution in [0.2, 0.25) is 0 Å². The van der Waals surface area contributed by atoms with Gasteiger partial charge in [0.05, 0.1) is 6.42 Å². The highest BCUT2D eigenvalue weighted by molar-refractivity contribution is 5.88. The summed E-state index contributed by atoms with van der Waals surface area (Å²) in [4.78, 5) is 27.5. The predicted octanol–water partition coefficient (Wildman–Crippen LogP) is 4.01. The molecule has 0 aliphatic heterocycles. The van der Waals surface area contributed by atoms with E-state index in [4.69, 9.17) is 0 Å². The summed E-state index contributed by atoms with van der Waals surface area (Å²) in [6, 6.07) is 13.2. The molecule has 4 nitrogen and oxygen atoms in total. The average molecular weight is 384 g/mol. The second-order valence-electron chi connectivity index (χ2n) is 6.97. The minimum atomic E-state index is -0.542. The van der Waals surface area contributed by atoms with Crippen LogP contribution in [0.25, 0.3) is 0 Å². The smallest absolute Gasteiger partial charge is 0.242 e. The van der Waals surface area contributed by atoms with Crippen LogP contribution in [0.1, 0.15) is 43.4 Å². The van der Waals surface area contributed by atoms with Gasteiger partial charge in [0, 0.05) is 13.1 Å². The lowest BCUT2D eigenvalue weighted by atomic mass is 10.0. The third-order valence-corrected chi connectivity index (χ3v) is 4.81. The van der Waals surface area contributed by atoms with Gasteiger partial charge in [0.2, 0.25) is 11.8 Å².